The first-order valence-electron chi connectivity index (χ1n) is 4.71. The van der Waals surface area contributed by atoms with Gasteiger partial charge < -0.3 is 5.32 Å². The maximum atomic E-state index is 11.6. The van der Waals surface area contributed by atoms with Crippen LogP contribution in [0.15, 0.2) is 18.3 Å². The lowest BCUT2D eigenvalue weighted by atomic mass is 10.2. The second-order valence-electron chi connectivity index (χ2n) is 3.50. The van der Waals surface area contributed by atoms with Gasteiger partial charge >= 0.3 is 0 Å². The van der Waals surface area contributed by atoms with Crippen LogP contribution in [0.1, 0.15) is 5.56 Å². The van der Waals surface area contributed by atoms with E-state index in [1.807, 2.05) is 12.1 Å². The highest BCUT2D eigenvalue weighted by molar-refractivity contribution is 7.92. The molecule has 82 valence electrons. The summed E-state index contributed by atoms with van der Waals surface area (Å²) in [7, 11) is -3.23. The van der Waals surface area contributed by atoms with Crippen molar-refractivity contribution >= 4 is 15.8 Å². The molecule has 1 aromatic rings. The second-order valence-corrected chi connectivity index (χ2v) is 5.40. The van der Waals surface area contributed by atoms with Gasteiger partial charge in [-0.25, -0.2) is 13.4 Å². The van der Waals surface area contributed by atoms with E-state index in [9.17, 15) is 8.42 Å². The highest BCUT2D eigenvalue weighted by Crippen LogP contribution is 2.20. The third-order valence-corrected chi connectivity index (χ3v) is 3.47. The van der Waals surface area contributed by atoms with Crippen LogP contribution in [-0.2, 0) is 16.6 Å². The van der Waals surface area contributed by atoms with E-state index in [1.165, 1.54) is 10.6 Å². The number of rotatable bonds is 1. The van der Waals surface area contributed by atoms with Crippen molar-refractivity contribution in [3.63, 3.8) is 0 Å². The fraction of sp³-hybridized carbons (Fsp3) is 0.444. The number of nitrogens with one attached hydrogen (secondary N) is 1. The molecule has 6 heteroatoms. The molecule has 0 saturated heterocycles. The first-order chi connectivity index (χ1) is 7.09. The zero-order chi connectivity index (χ0) is 10.9. The first kappa shape index (κ1) is 10.4. The van der Waals surface area contributed by atoms with Crippen molar-refractivity contribution in [2.75, 3.05) is 23.7 Å². The van der Waals surface area contributed by atoms with E-state index in [2.05, 4.69) is 10.3 Å². The van der Waals surface area contributed by atoms with Crippen LogP contribution in [0.5, 0.6) is 0 Å². The Morgan fingerprint density at radius 3 is 3.07 bits per heavy atom. The summed E-state index contributed by atoms with van der Waals surface area (Å²) in [5, 5.41) is 3.16. The van der Waals surface area contributed by atoms with Crippen molar-refractivity contribution in [3.05, 3.63) is 23.9 Å². The van der Waals surface area contributed by atoms with Crippen LogP contribution in [0.4, 0.5) is 5.82 Å². The monoisotopic (exact) mass is 227 g/mol. The van der Waals surface area contributed by atoms with Gasteiger partial charge in [0.2, 0.25) is 10.0 Å². The summed E-state index contributed by atoms with van der Waals surface area (Å²) in [6.07, 6.45) is 2.82. The summed E-state index contributed by atoms with van der Waals surface area (Å²) >= 11 is 0. The minimum atomic E-state index is -3.23. The second kappa shape index (κ2) is 3.79. The van der Waals surface area contributed by atoms with E-state index in [0.717, 1.165) is 5.56 Å². The standard InChI is InChI=1S/C9H13N3O2S/c1-15(13,14)12-6-5-10-7-8-3-2-4-11-9(8)12/h2-4,10H,5-7H2,1H3. The van der Waals surface area contributed by atoms with Crippen LogP contribution in [0.25, 0.3) is 0 Å². The number of sulfonamides is 1. The predicted molar refractivity (Wildman–Crippen MR) is 58.1 cm³/mol. The molecular weight excluding hydrogens is 214 g/mol. The number of nitrogens with zero attached hydrogens (tertiary/aromatic N) is 2. The maximum Gasteiger partial charge on any atom is 0.233 e. The van der Waals surface area contributed by atoms with Crippen molar-refractivity contribution in [2.45, 2.75) is 6.54 Å². The van der Waals surface area contributed by atoms with Gasteiger partial charge in [0.05, 0.1) is 6.26 Å². The van der Waals surface area contributed by atoms with Gasteiger partial charge in [-0.15, -0.1) is 0 Å². The fourth-order valence-electron chi connectivity index (χ4n) is 1.63. The molecule has 0 saturated carbocycles. The molecule has 0 aliphatic carbocycles. The third-order valence-electron chi connectivity index (χ3n) is 2.31. The highest BCUT2D eigenvalue weighted by atomic mass is 32.2. The van der Waals surface area contributed by atoms with E-state index in [0.29, 0.717) is 25.5 Å². The number of pyridine rings is 1. The minimum absolute atomic E-state index is 0.433. The average Bonchev–Trinajstić information content (AvgIpc) is 2.38. The molecule has 0 radical (unpaired) electrons. The molecular formula is C9H13N3O2S. The largest absolute Gasteiger partial charge is 0.311 e. The third kappa shape index (κ3) is 2.10. The lowest BCUT2D eigenvalue weighted by molar-refractivity contribution is 0.595. The molecule has 5 nitrogen and oxygen atoms in total. The zero-order valence-corrected chi connectivity index (χ0v) is 9.29. The van der Waals surface area contributed by atoms with Crippen molar-refractivity contribution in [1.29, 1.82) is 0 Å². The first-order valence-corrected chi connectivity index (χ1v) is 6.56. The molecule has 0 unspecified atom stereocenters. The Labute approximate surface area is 89.2 Å². The van der Waals surface area contributed by atoms with Gasteiger partial charge in [0.1, 0.15) is 5.82 Å². The Bertz CT molecular complexity index is 458. The van der Waals surface area contributed by atoms with E-state index in [1.54, 1.807) is 6.20 Å². The summed E-state index contributed by atoms with van der Waals surface area (Å²) in [5.74, 6) is 0.546. The maximum absolute atomic E-state index is 11.6. The molecule has 15 heavy (non-hydrogen) atoms. The molecule has 0 atom stereocenters. The van der Waals surface area contributed by atoms with Gasteiger partial charge in [0.15, 0.2) is 0 Å². The van der Waals surface area contributed by atoms with Gasteiger partial charge in [-0.2, -0.15) is 0 Å². The smallest absolute Gasteiger partial charge is 0.233 e. The normalized spacial score (nSPS) is 17.0. The van der Waals surface area contributed by atoms with Crippen LogP contribution in [-0.4, -0.2) is 32.7 Å². The van der Waals surface area contributed by atoms with Crippen LogP contribution in [0.2, 0.25) is 0 Å². The van der Waals surface area contributed by atoms with Gasteiger partial charge in [-0.1, -0.05) is 6.07 Å². The fourth-order valence-corrected chi connectivity index (χ4v) is 2.53. The number of anilines is 1. The predicted octanol–water partition coefficient (Wildman–Crippen LogP) is -0.0492. The van der Waals surface area contributed by atoms with Crippen LogP contribution < -0.4 is 9.62 Å². The van der Waals surface area contributed by atoms with E-state index < -0.39 is 10.0 Å². The summed E-state index contributed by atoms with van der Waals surface area (Å²) in [4.78, 5) is 4.13. The van der Waals surface area contributed by atoms with E-state index in [4.69, 9.17) is 0 Å². The molecule has 1 aromatic heterocycles. The molecule has 0 amide bonds. The summed E-state index contributed by atoms with van der Waals surface area (Å²) in [6.45, 7) is 1.74. The number of hydrogen-bond donors (Lipinski definition) is 1. The van der Waals surface area contributed by atoms with Crippen LogP contribution in [0, 0.1) is 0 Å². The Hall–Kier alpha value is -1.14. The molecule has 0 fully saturated rings. The molecule has 0 spiro atoms. The highest BCUT2D eigenvalue weighted by Gasteiger charge is 2.22. The Morgan fingerprint density at radius 2 is 2.33 bits per heavy atom. The minimum Gasteiger partial charge on any atom is -0.311 e. The summed E-state index contributed by atoms with van der Waals surface area (Å²) in [6, 6.07) is 3.70. The lowest BCUT2D eigenvalue weighted by Gasteiger charge is -2.20. The molecule has 2 heterocycles. The van der Waals surface area contributed by atoms with Gasteiger partial charge in [0, 0.05) is 31.4 Å². The topological polar surface area (TPSA) is 62.3 Å². The van der Waals surface area contributed by atoms with Crippen LogP contribution in [0.3, 0.4) is 0 Å². The Balaban J connectivity index is 2.51. The molecule has 0 aromatic carbocycles. The van der Waals surface area contributed by atoms with E-state index in [-0.39, 0.29) is 0 Å². The quantitative estimate of drug-likeness (QED) is 0.730. The lowest BCUT2D eigenvalue weighted by Crippen LogP contribution is -2.34. The van der Waals surface area contributed by atoms with Crippen molar-refractivity contribution < 1.29 is 8.42 Å². The SMILES string of the molecule is CS(=O)(=O)N1CCNCc2cccnc21. The molecule has 1 N–H and O–H groups in total. The molecule has 1 aliphatic heterocycles. The zero-order valence-electron chi connectivity index (χ0n) is 8.47. The number of hydrogen-bond acceptors (Lipinski definition) is 4. The Morgan fingerprint density at radius 1 is 1.53 bits per heavy atom. The van der Waals surface area contributed by atoms with Crippen LogP contribution >= 0.6 is 0 Å². The van der Waals surface area contributed by atoms with Gasteiger partial charge in [0.25, 0.3) is 0 Å². The molecule has 0 bridgehead atoms. The average molecular weight is 227 g/mol. The number of aromatic nitrogens is 1. The summed E-state index contributed by atoms with van der Waals surface area (Å²) < 4.78 is 24.5. The number of fused-ring (bicyclic) bond motifs is 1. The molecule has 2 rings (SSSR count). The Kier molecular flexibility index (Phi) is 2.62. The van der Waals surface area contributed by atoms with Gasteiger partial charge in [-0.05, 0) is 6.07 Å². The van der Waals surface area contributed by atoms with Gasteiger partial charge in [-0.3, -0.25) is 4.31 Å². The summed E-state index contributed by atoms with van der Waals surface area (Å²) in [5.41, 5.74) is 0.917. The molecule has 1 aliphatic rings. The van der Waals surface area contributed by atoms with Crippen molar-refractivity contribution in [3.8, 4) is 0 Å². The van der Waals surface area contributed by atoms with E-state index >= 15 is 0 Å². The van der Waals surface area contributed by atoms with Crippen molar-refractivity contribution in [1.82, 2.24) is 10.3 Å². The van der Waals surface area contributed by atoms with Crippen molar-refractivity contribution in [2.24, 2.45) is 0 Å².